The molecule has 2 N–H and O–H groups in total. The molecule has 1 fully saturated rings. The first-order chi connectivity index (χ1) is 7.72. The highest BCUT2D eigenvalue weighted by Crippen LogP contribution is 2.34. The van der Waals surface area contributed by atoms with Crippen molar-refractivity contribution in [2.24, 2.45) is 0 Å². The molecule has 0 amide bonds. The van der Waals surface area contributed by atoms with Crippen molar-refractivity contribution in [1.82, 2.24) is 5.32 Å². The lowest BCUT2D eigenvalue weighted by Gasteiger charge is -2.25. The first kappa shape index (κ1) is 11.3. The molecule has 3 heteroatoms. The molecule has 1 aliphatic heterocycles. The summed E-state index contributed by atoms with van der Waals surface area (Å²) in [5.74, 6) is 1.32. The highest BCUT2D eigenvalue weighted by Gasteiger charge is 2.18. The Bertz CT molecular complexity index is 370. The molecule has 1 aromatic rings. The number of hydrogen-bond acceptors (Lipinski definition) is 3. The highest BCUT2D eigenvalue weighted by molar-refractivity contribution is 5.47. The molecular formula is C13H19NO2. The Hall–Kier alpha value is -1.22. The number of phenols is 1. The van der Waals surface area contributed by atoms with Crippen LogP contribution in [0.2, 0.25) is 0 Å². The third kappa shape index (κ3) is 2.14. The number of aryl methyl sites for hydroxylation is 1. The summed E-state index contributed by atoms with van der Waals surface area (Å²) in [4.78, 5) is 0. The Labute approximate surface area is 96.4 Å². The van der Waals surface area contributed by atoms with Gasteiger partial charge in [0.25, 0.3) is 0 Å². The first-order valence-corrected chi connectivity index (χ1v) is 5.80. The molecule has 0 spiro atoms. The molecule has 16 heavy (non-hydrogen) atoms. The Balaban J connectivity index is 2.29. The molecule has 1 aromatic carbocycles. The minimum Gasteiger partial charge on any atom is -0.504 e. The quantitative estimate of drug-likeness (QED) is 0.804. The smallest absolute Gasteiger partial charge is 0.160 e. The van der Waals surface area contributed by atoms with Gasteiger partial charge in [0.1, 0.15) is 0 Å². The number of hydrogen-bond donors (Lipinski definition) is 2. The summed E-state index contributed by atoms with van der Waals surface area (Å²) in [6.07, 6.45) is 2.40. The van der Waals surface area contributed by atoms with Gasteiger partial charge in [0, 0.05) is 6.54 Å². The topological polar surface area (TPSA) is 41.5 Å². The number of aromatic hydroxyl groups is 1. The zero-order valence-electron chi connectivity index (χ0n) is 9.92. The molecule has 3 nitrogen and oxygen atoms in total. The Morgan fingerprint density at radius 1 is 1.44 bits per heavy atom. The minimum absolute atomic E-state index is 0.244. The predicted molar refractivity (Wildman–Crippen MR) is 64.2 cm³/mol. The Morgan fingerprint density at radius 3 is 2.88 bits per heavy atom. The zero-order chi connectivity index (χ0) is 11.5. The van der Waals surface area contributed by atoms with E-state index in [1.165, 1.54) is 24.0 Å². The van der Waals surface area contributed by atoms with Gasteiger partial charge in [-0.25, -0.2) is 0 Å². The van der Waals surface area contributed by atoms with Gasteiger partial charge in [-0.1, -0.05) is 0 Å². The van der Waals surface area contributed by atoms with E-state index in [1.807, 2.05) is 12.1 Å². The maximum absolute atomic E-state index is 9.80. The summed E-state index contributed by atoms with van der Waals surface area (Å²) in [7, 11) is 1.58. The number of rotatable bonds is 2. The number of methoxy groups -OCH3 is 1. The molecule has 88 valence electrons. The number of nitrogens with one attached hydrogen (secondary N) is 1. The fourth-order valence-corrected chi connectivity index (χ4v) is 2.41. The van der Waals surface area contributed by atoms with Crippen molar-refractivity contribution >= 4 is 0 Å². The summed E-state index contributed by atoms with van der Waals surface area (Å²) in [6, 6.07) is 3.77. The number of ether oxygens (including phenoxy) is 1. The molecule has 0 aliphatic carbocycles. The molecule has 0 bridgehead atoms. The van der Waals surface area contributed by atoms with Crippen molar-refractivity contribution in [2.45, 2.75) is 25.7 Å². The largest absolute Gasteiger partial charge is 0.504 e. The van der Waals surface area contributed by atoms with Gasteiger partial charge < -0.3 is 15.2 Å². The molecule has 0 radical (unpaired) electrons. The summed E-state index contributed by atoms with van der Waals surface area (Å²) >= 11 is 0. The van der Waals surface area contributed by atoms with Crippen LogP contribution in [0.15, 0.2) is 12.1 Å². The first-order valence-electron chi connectivity index (χ1n) is 5.80. The van der Waals surface area contributed by atoms with Crippen LogP contribution in [0, 0.1) is 6.92 Å². The van der Waals surface area contributed by atoms with Crippen LogP contribution < -0.4 is 10.1 Å². The van der Waals surface area contributed by atoms with Crippen molar-refractivity contribution in [3.05, 3.63) is 23.3 Å². The maximum atomic E-state index is 9.80. The third-order valence-corrected chi connectivity index (χ3v) is 3.30. The number of benzene rings is 1. The van der Waals surface area contributed by atoms with Gasteiger partial charge in [-0.15, -0.1) is 0 Å². The van der Waals surface area contributed by atoms with Gasteiger partial charge >= 0.3 is 0 Å². The number of piperidine rings is 1. The van der Waals surface area contributed by atoms with E-state index >= 15 is 0 Å². The molecule has 0 aromatic heterocycles. The molecule has 1 unspecified atom stereocenters. The fourth-order valence-electron chi connectivity index (χ4n) is 2.41. The molecule has 1 heterocycles. The Morgan fingerprint density at radius 2 is 2.25 bits per heavy atom. The van der Waals surface area contributed by atoms with E-state index < -0.39 is 0 Å². The van der Waals surface area contributed by atoms with Crippen molar-refractivity contribution in [3.63, 3.8) is 0 Å². The lowest BCUT2D eigenvalue weighted by Crippen LogP contribution is -2.28. The van der Waals surface area contributed by atoms with E-state index in [9.17, 15) is 5.11 Å². The summed E-state index contributed by atoms with van der Waals surface area (Å²) in [5.41, 5.74) is 2.44. The second-order valence-electron chi connectivity index (χ2n) is 4.42. The van der Waals surface area contributed by atoms with Crippen LogP contribution in [0.5, 0.6) is 11.5 Å². The normalized spacial score (nSPS) is 20.8. The SMILES string of the molecule is COc1cc(C)c(C2CCCNC2)cc1O. The van der Waals surface area contributed by atoms with Crippen LogP contribution in [0.3, 0.4) is 0 Å². The van der Waals surface area contributed by atoms with E-state index in [2.05, 4.69) is 12.2 Å². The second-order valence-corrected chi connectivity index (χ2v) is 4.42. The average Bonchev–Trinajstić information content (AvgIpc) is 2.32. The molecule has 1 atom stereocenters. The summed E-state index contributed by atoms with van der Waals surface area (Å²) < 4.78 is 5.10. The monoisotopic (exact) mass is 221 g/mol. The van der Waals surface area contributed by atoms with Crippen LogP contribution >= 0.6 is 0 Å². The molecule has 1 aliphatic rings. The average molecular weight is 221 g/mol. The lowest BCUT2D eigenvalue weighted by molar-refractivity contribution is 0.371. The van der Waals surface area contributed by atoms with E-state index in [-0.39, 0.29) is 5.75 Å². The van der Waals surface area contributed by atoms with E-state index in [0.29, 0.717) is 11.7 Å². The van der Waals surface area contributed by atoms with Crippen LogP contribution in [-0.2, 0) is 0 Å². The van der Waals surface area contributed by atoms with Crippen molar-refractivity contribution in [3.8, 4) is 11.5 Å². The maximum Gasteiger partial charge on any atom is 0.160 e. The van der Waals surface area contributed by atoms with Crippen molar-refractivity contribution in [2.75, 3.05) is 20.2 Å². The van der Waals surface area contributed by atoms with E-state index in [1.54, 1.807) is 7.11 Å². The van der Waals surface area contributed by atoms with Crippen molar-refractivity contribution < 1.29 is 9.84 Å². The van der Waals surface area contributed by atoms with Crippen molar-refractivity contribution in [1.29, 1.82) is 0 Å². The van der Waals surface area contributed by atoms with Gasteiger partial charge in [0.15, 0.2) is 11.5 Å². The van der Waals surface area contributed by atoms with Gasteiger partial charge in [-0.3, -0.25) is 0 Å². The molecule has 1 saturated heterocycles. The second kappa shape index (κ2) is 4.74. The lowest BCUT2D eigenvalue weighted by atomic mass is 9.88. The van der Waals surface area contributed by atoms with Crippen LogP contribution in [-0.4, -0.2) is 25.3 Å². The zero-order valence-corrected chi connectivity index (χ0v) is 9.92. The van der Waals surface area contributed by atoms with Crippen LogP contribution in [0.4, 0.5) is 0 Å². The minimum atomic E-state index is 0.244. The molecule has 2 rings (SSSR count). The number of phenolic OH excluding ortho intramolecular Hbond substituents is 1. The summed E-state index contributed by atoms with van der Waals surface area (Å²) in [5, 5.41) is 13.2. The van der Waals surface area contributed by atoms with Crippen LogP contribution in [0.25, 0.3) is 0 Å². The Kier molecular flexibility index (Phi) is 3.34. The fraction of sp³-hybridized carbons (Fsp3) is 0.538. The third-order valence-electron chi connectivity index (χ3n) is 3.30. The van der Waals surface area contributed by atoms with Crippen LogP contribution in [0.1, 0.15) is 29.9 Å². The van der Waals surface area contributed by atoms with E-state index in [4.69, 9.17) is 4.74 Å². The van der Waals surface area contributed by atoms with Gasteiger partial charge in [0.2, 0.25) is 0 Å². The van der Waals surface area contributed by atoms with Gasteiger partial charge in [0.05, 0.1) is 7.11 Å². The predicted octanol–water partition coefficient (Wildman–Crippen LogP) is 2.18. The summed E-state index contributed by atoms with van der Waals surface area (Å²) in [6.45, 7) is 4.19. The van der Waals surface area contributed by atoms with Gasteiger partial charge in [-0.05, 0) is 55.5 Å². The van der Waals surface area contributed by atoms with Gasteiger partial charge in [-0.2, -0.15) is 0 Å². The standard InChI is InChI=1S/C13H19NO2/c1-9-6-13(16-2)12(15)7-11(9)10-4-3-5-14-8-10/h6-7,10,14-15H,3-5,8H2,1-2H3. The molecular weight excluding hydrogens is 202 g/mol. The highest BCUT2D eigenvalue weighted by atomic mass is 16.5. The molecule has 0 saturated carbocycles. The van der Waals surface area contributed by atoms with E-state index in [0.717, 1.165) is 13.1 Å².